The smallest absolute Gasteiger partial charge is 0.338 e. The second-order valence-electron chi connectivity index (χ2n) is 5.18. The normalized spacial score (nSPS) is 11.2. The fourth-order valence-corrected chi connectivity index (χ4v) is 2.64. The van der Waals surface area contributed by atoms with E-state index < -0.39 is 18.0 Å². The van der Waals surface area contributed by atoms with E-state index in [1.165, 1.54) is 18.3 Å². The molecular formula is C18H18N2O4S. The van der Waals surface area contributed by atoms with Crippen LogP contribution in [0.15, 0.2) is 35.7 Å². The summed E-state index contributed by atoms with van der Waals surface area (Å²) < 4.78 is 10.6. The number of nitriles is 1. The molecule has 1 atom stereocenters. The number of hydrogen-bond donors (Lipinski definition) is 1. The predicted molar refractivity (Wildman–Crippen MR) is 94.8 cm³/mol. The Morgan fingerprint density at radius 3 is 2.64 bits per heavy atom. The summed E-state index contributed by atoms with van der Waals surface area (Å²) in [5.74, 6) is -0.419. The van der Waals surface area contributed by atoms with Crippen molar-refractivity contribution in [1.29, 1.82) is 5.26 Å². The van der Waals surface area contributed by atoms with Crippen molar-refractivity contribution in [2.45, 2.75) is 26.4 Å². The Labute approximate surface area is 150 Å². The summed E-state index contributed by atoms with van der Waals surface area (Å²) in [5.41, 5.74) is 0.705. The van der Waals surface area contributed by atoms with E-state index >= 15 is 0 Å². The Bertz CT molecular complexity index is 777. The van der Waals surface area contributed by atoms with Crippen LogP contribution in [0.2, 0.25) is 0 Å². The van der Waals surface area contributed by atoms with Gasteiger partial charge in [-0.25, -0.2) is 4.79 Å². The largest absolute Gasteiger partial charge is 0.494 e. The molecule has 0 aliphatic heterocycles. The van der Waals surface area contributed by atoms with Crippen molar-refractivity contribution in [3.63, 3.8) is 0 Å². The van der Waals surface area contributed by atoms with Gasteiger partial charge in [-0.1, -0.05) is 6.92 Å². The van der Waals surface area contributed by atoms with Crippen LogP contribution in [0.4, 0.5) is 5.00 Å². The lowest BCUT2D eigenvalue weighted by atomic mass is 10.2. The molecule has 1 amide bonds. The average molecular weight is 358 g/mol. The Balaban J connectivity index is 1.93. The van der Waals surface area contributed by atoms with Crippen molar-refractivity contribution in [3.05, 3.63) is 46.8 Å². The lowest BCUT2D eigenvalue weighted by Gasteiger charge is -2.13. The zero-order valence-corrected chi connectivity index (χ0v) is 14.8. The monoisotopic (exact) mass is 358 g/mol. The molecule has 0 aliphatic rings. The number of carbonyl (C=O) groups is 2. The van der Waals surface area contributed by atoms with E-state index in [0.29, 0.717) is 28.5 Å². The van der Waals surface area contributed by atoms with Crippen molar-refractivity contribution in [2.75, 3.05) is 11.9 Å². The van der Waals surface area contributed by atoms with Gasteiger partial charge in [0.05, 0.1) is 17.7 Å². The maximum atomic E-state index is 12.1. The molecule has 7 heteroatoms. The number of amides is 1. The molecule has 0 bridgehead atoms. The fraction of sp³-hybridized carbons (Fsp3) is 0.278. The van der Waals surface area contributed by atoms with Gasteiger partial charge in [0.2, 0.25) is 0 Å². The molecule has 0 saturated carbocycles. The van der Waals surface area contributed by atoms with Crippen molar-refractivity contribution < 1.29 is 19.1 Å². The first-order chi connectivity index (χ1) is 12.0. The second-order valence-corrected chi connectivity index (χ2v) is 6.10. The highest BCUT2D eigenvalue weighted by Crippen LogP contribution is 2.22. The predicted octanol–water partition coefficient (Wildman–Crippen LogP) is 3.59. The number of esters is 1. The van der Waals surface area contributed by atoms with Gasteiger partial charge in [-0.15, -0.1) is 11.3 Å². The molecule has 0 fully saturated rings. The van der Waals surface area contributed by atoms with Crippen LogP contribution in [0.25, 0.3) is 0 Å². The van der Waals surface area contributed by atoms with Crippen LogP contribution < -0.4 is 10.1 Å². The van der Waals surface area contributed by atoms with E-state index in [1.54, 1.807) is 35.7 Å². The molecule has 1 N–H and O–H groups in total. The van der Waals surface area contributed by atoms with E-state index in [9.17, 15) is 9.59 Å². The van der Waals surface area contributed by atoms with Gasteiger partial charge in [-0.3, -0.25) is 4.79 Å². The molecule has 0 radical (unpaired) electrons. The molecule has 25 heavy (non-hydrogen) atoms. The summed E-state index contributed by atoms with van der Waals surface area (Å²) in [6, 6.07) is 10.1. The third kappa shape index (κ3) is 5.06. The van der Waals surface area contributed by atoms with E-state index in [1.807, 2.05) is 13.0 Å². The highest BCUT2D eigenvalue weighted by atomic mass is 32.1. The molecule has 1 aromatic carbocycles. The number of hydrogen-bond acceptors (Lipinski definition) is 6. The third-order valence-corrected chi connectivity index (χ3v) is 4.07. The van der Waals surface area contributed by atoms with Gasteiger partial charge >= 0.3 is 5.97 Å². The van der Waals surface area contributed by atoms with Gasteiger partial charge in [0.15, 0.2) is 6.10 Å². The van der Waals surface area contributed by atoms with Crippen LogP contribution >= 0.6 is 11.3 Å². The minimum Gasteiger partial charge on any atom is -0.494 e. The highest BCUT2D eigenvalue weighted by Gasteiger charge is 2.20. The van der Waals surface area contributed by atoms with Crippen LogP contribution in [0.3, 0.4) is 0 Å². The molecule has 2 rings (SSSR count). The number of rotatable bonds is 7. The van der Waals surface area contributed by atoms with Gasteiger partial charge in [0.1, 0.15) is 16.8 Å². The van der Waals surface area contributed by atoms with Crippen molar-refractivity contribution in [3.8, 4) is 11.8 Å². The summed E-state index contributed by atoms with van der Waals surface area (Å²) in [6.45, 7) is 4.09. The second kappa shape index (κ2) is 8.85. The summed E-state index contributed by atoms with van der Waals surface area (Å²) in [4.78, 5) is 24.2. The van der Waals surface area contributed by atoms with Gasteiger partial charge in [-0.2, -0.15) is 5.26 Å². The first-order valence-electron chi connectivity index (χ1n) is 7.77. The molecule has 2 aromatic rings. The standard InChI is InChI=1S/C18H18N2O4S/c1-3-9-23-15-6-4-13(5-7-15)18(22)24-12(2)16(21)20-17-14(11-19)8-10-25-17/h4-8,10,12H,3,9H2,1-2H3,(H,20,21)/t12-/m1/s1. The summed E-state index contributed by atoms with van der Waals surface area (Å²) in [5, 5.41) is 13.7. The van der Waals surface area contributed by atoms with E-state index in [4.69, 9.17) is 14.7 Å². The summed E-state index contributed by atoms with van der Waals surface area (Å²) in [7, 11) is 0. The number of nitrogens with one attached hydrogen (secondary N) is 1. The van der Waals surface area contributed by atoms with Crippen molar-refractivity contribution >= 4 is 28.2 Å². The molecule has 0 saturated heterocycles. The molecule has 0 unspecified atom stereocenters. The van der Waals surface area contributed by atoms with Crippen LogP contribution in [0, 0.1) is 11.3 Å². The van der Waals surface area contributed by atoms with Gasteiger partial charge < -0.3 is 14.8 Å². The van der Waals surface area contributed by atoms with Crippen molar-refractivity contribution in [2.24, 2.45) is 0 Å². The van der Waals surface area contributed by atoms with Crippen LogP contribution in [-0.4, -0.2) is 24.6 Å². The van der Waals surface area contributed by atoms with Crippen molar-refractivity contribution in [1.82, 2.24) is 0 Å². The lowest BCUT2D eigenvalue weighted by molar-refractivity contribution is -0.123. The number of anilines is 1. The van der Waals surface area contributed by atoms with Gasteiger partial charge in [0.25, 0.3) is 5.91 Å². The zero-order chi connectivity index (χ0) is 18.2. The molecule has 1 aromatic heterocycles. The van der Waals surface area contributed by atoms with Gasteiger partial charge in [0, 0.05) is 0 Å². The van der Waals surface area contributed by atoms with E-state index in [0.717, 1.165) is 6.42 Å². The van der Waals surface area contributed by atoms with E-state index in [2.05, 4.69) is 5.32 Å². The molecule has 0 spiro atoms. The molecular weight excluding hydrogens is 340 g/mol. The maximum Gasteiger partial charge on any atom is 0.338 e. The average Bonchev–Trinajstić information content (AvgIpc) is 3.07. The SMILES string of the molecule is CCCOc1ccc(C(=O)O[C@H](C)C(=O)Nc2sccc2C#N)cc1. The first kappa shape index (κ1) is 18.5. The topological polar surface area (TPSA) is 88.4 Å². The molecule has 1 heterocycles. The van der Waals surface area contributed by atoms with Crippen LogP contribution in [0.1, 0.15) is 36.2 Å². The Kier molecular flexibility index (Phi) is 6.54. The molecule has 130 valence electrons. The number of ether oxygens (including phenoxy) is 2. The number of nitrogens with zero attached hydrogens (tertiary/aromatic N) is 1. The summed E-state index contributed by atoms with van der Waals surface area (Å²) in [6.07, 6.45) is -0.0917. The maximum absolute atomic E-state index is 12.1. The zero-order valence-electron chi connectivity index (χ0n) is 13.9. The quantitative estimate of drug-likeness (QED) is 0.764. The lowest BCUT2D eigenvalue weighted by Crippen LogP contribution is -2.29. The fourth-order valence-electron chi connectivity index (χ4n) is 1.90. The Morgan fingerprint density at radius 1 is 1.28 bits per heavy atom. The van der Waals surface area contributed by atoms with Crippen LogP contribution in [0.5, 0.6) is 5.75 Å². The summed E-state index contributed by atoms with van der Waals surface area (Å²) >= 11 is 1.23. The molecule has 0 aliphatic carbocycles. The number of benzene rings is 1. The minimum absolute atomic E-state index is 0.331. The Hall–Kier alpha value is -2.85. The minimum atomic E-state index is -0.989. The van der Waals surface area contributed by atoms with Crippen LogP contribution in [-0.2, 0) is 9.53 Å². The number of thiophene rings is 1. The highest BCUT2D eigenvalue weighted by molar-refractivity contribution is 7.14. The molecule has 6 nitrogen and oxygen atoms in total. The first-order valence-corrected chi connectivity index (χ1v) is 8.65. The van der Waals surface area contributed by atoms with E-state index in [-0.39, 0.29) is 0 Å². The third-order valence-electron chi connectivity index (χ3n) is 3.24. The Morgan fingerprint density at radius 2 is 2.00 bits per heavy atom. The number of carbonyl (C=O) groups excluding carboxylic acids is 2. The van der Waals surface area contributed by atoms with Gasteiger partial charge in [-0.05, 0) is 49.1 Å².